The van der Waals surface area contributed by atoms with Crippen LogP contribution >= 0.6 is 0 Å². The van der Waals surface area contributed by atoms with Crippen molar-refractivity contribution in [2.75, 3.05) is 19.0 Å². The van der Waals surface area contributed by atoms with Gasteiger partial charge in [0.05, 0.1) is 5.56 Å². The first-order chi connectivity index (χ1) is 16.5. The van der Waals surface area contributed by atoms with Crippen molar-refractivity contribution in [1.29, 1.82) is 0 Å². The number of Topliss-reactive ketones (excluding diaryl/α,β-unsaturated/α-hetero) is 2. The number of carbonyl (C=O) groups is 3. The summed E-state index contributed by atoms with van der Waals surface area (Å²) in [5, 5.41) is 44.8. The van der Waals surface area contributed by atoms with E-state index in [1.165, 1.54) is 0 Å². The fourth-order valence-corrected chi connectivity index (χ4v) is 6.64. The van der Waals surface area contributed by atoms with Crippen LogP contribution in [-0.2, 0) is 20.8 Å². The number of phenols is 1. The highest BCUT2D eigenvalue weighted by molar-refractivity contribution is 6.22. The zero-order chi connectivity index (χ0) is 25.4. The number of aliphatic hydroxyl groups is 3. The second kappa shape index (κ2) is 7.84. The molecule has 6 N–H and O–H groups in total. The molecule has 4 aliphatic rings. The number of aliphatic hydroxyl groups excluding tert-OH is 2. The highest BCUT2D eigenvalue weighted by Gasteiger charge is 2.60. The van der Waals surface area contributed by atoms with Gasteiger partial charge in [0, 0.05) is 37.7 Å². The van der Waals surface area contributed by atoms with Crippen molar-refractivity contribution in [3.8, 4) is 5.75 Å². The molecule has 0 saturated heterocycles. The lowest BCUT2D eigenvalue weighted by atomic mass is 9.59. The Morgan fingerprint density at radius 2 is 1.74 bits per heavy atom. The Balaban J connectivity index is 1.72. The average Bonchev–Trinajstić information content (AvgIpc) is 3.30. The maximum atomic E-state index is 13.7. The van der Waals surface area contributed by atoms with E-state index in [1.54, 1.807) is 0 Å². The number of amides is 1. The highest BCUT2D eigenvalue weighted by Crippen LogP contribution is 2.54. The first-order valence-electron chi connectivity index (χ1n) is 12.0. The van der Waals surface area contributed by atoms with Crippen molar-refractivity contribution in [1.82, 2.24) is 0 Å². The molecule has 9 nitrogen and oxygen atoms in total. The molecule has 0 aromatic heterocycles. The summed E-state index contributed by atoms with van der Waals surface area (Å²) in [5.74, 6) is -5.84. The van der Waals surface area contributed by atoms with Crippen molar-refractivity contribution in [3.63, 3.8) is 0 Å². The number of fused-ring (bicyclic) bond motifs is 3. The fraction of sp³-hybridized carbons (Fsp3) is 0.500. The Morgan fingerprint density at radius 3 is 2.34 bits per heavy atom. The number of rotatable bonds is 3. The molecule has 35 heavy (non-hydrogen) atoms. The minimum atomic E-state index is -2.54. The van der Waals surface area contributed by atoms with Gasteiger partial charge in [-0.1, -0.05) is 12.8 Å². The summed E-state index contributed by atoms with van der Waals surface area (Å²) in [4.78, 5) is 39.8. The van der Waals surface area contributed by atoms with Crippen LogP contribution < -0.4 is 10.6 Å². The van der Waals surface area contributed by atoms with Crippen LogP contribution in [0.1, 0.15) is 61.1 Å². The summed E-state index contributed by atoms with van der Waals surface area (Å²) >= 11 is 0. The molecule has 5 rings (SSSR count). The van der Waals surface area contributed by atoms with Crippen LogP contribution in [0, 0.1) is 11.8 Å². The molecule has 0 unspecified atom stereocenters. The van der Waals surface area contributed by atoms with Gasteiger partial charge in [0.15, 0.2) is 11.4 Å². The molecule has 1 amide bonds. The molecule has 186 valence electrons. The lowest BCUT2D eigenvalue weighted by molar-refractivity contribution is -0.147. The van der Waals surface area contributed by atoms with Crippen molar-refractivity contribution in [2.45, 2.75) is 56.5 Å². The summed E-state index contributed by atoms with van der Waals surface area (Å²) in [6, 6.07) is 1.96. The van der Waals surface area contributed by atoms with E-state index in [4.69, 9.17) is 5.73 Å². The van der Waals surface area contributed by atoms with Gasteiger partial charge in [-0.15, -0.1) is 0 Å². The molecule has 0 heterocycles. The minimum absolute atomic E-state index is 0.0701. The number of benzene rings is 1. The zero-order valence-corrected chi connectivity index (χ0v) is 19.8. The predicted molar refractivity (Wildman–Crippen MR) is 127 cm³/mol. The zero-order valence-electron chi connectivity index (χ0n) is 19.8. The maximum absolute atomic E-state index is 13.7. The maximum Gasteiger partial charge on any atom is 0.255 e. The molecule has 1 aromatic carbocycles. The van der Waals surface area contributed by atoms with E-state index >= 15 is 0 Å². The second-order valence-electron chi connectivity index (χ2n) is 10.5. The van der Waals surface area contributed by atoms with E-state index in [9.17, 15) is 34.8 Å². The Morgan fingerprint density at radius 1 is 1.09 bits per heavy atom. The number of hydrogen-bond acceptors (Lipinski definition) is 8. The van der Waals surface area contributed by atoms with Crippen molar-refractivity contribution in [3.05, 3.63) is 39.7 Å². The van der Waals surface area contributed by atoms with Crippen LogP contribution in [0.25, 0.3) is 5.76 Å². The van der Waals surface area contributed by atoms with Gasteiger partial charge in [-0.2, -0.15) is 0 Å². The van der Waals surface area contributed by atoms with E-state index in [1.807, 2.05) is 25.1 Å². The number of nitrogens with zero attached hydrogens (tertiary/aromatic N) is 1. The van der Waals surface area contributed by atoms with Crippen LogP contribution in [0.5, 0.6) is 5.75 Å². The average molecular weight is 483 g/mol. The van der Waals surface area contributed by atoms with Gasteiger partial charge in [0.25, 0.3) is 5.91 Å². The molecule has 2 saturated carbocycles. The number of primary amides is 1. The van der Waals surface area contributed by atoms with Gasteiger partial charge in [-0.25, -0.2) is 0 Å². The first-order valence-corrected chi connectivity index (χ1v) is 12.0. The van der Waals surface area contributed by atoms with Crippen molar-refractivity contribution in [2.24, 2.45) is 17.6 Å². The third kappa shape index (κ3) is 3.14. The van der Waals surface area contributed by atoms with E-state index in [0.29, 0.717) is 12.0 Å². The molecule has 4 aliphatic carbocycles. The monoisotopic (exact) mass is 482 g/mol. The quantitative estimate of drug-likeness (QED) is 0.410. The third-order valence-corrected chi connectivity index (χ3v) is 8.35. The standard InChI is InChI=1S/C26H30N2O7/c1-28(2)16-10-14(11-5-3-4-6-11)21(30)19-15(16)8-12-7-13-9-17(29)20(25(27)34)24(33)26(13,35)23(32)18(12)22(19)31/h10-13,30-31,33,35H,3-9H2,1-2H3,(H2,27,34)/t12-,13+,26+/m1/s1. The van der Waals surface area contributed by atoms with E-state index in [2.05, 4.69) is 0 Å². The topological polar surface area (TPSA) is 161 Å². The Labute approximate surface area is 202 Å². The number of hydrogen-bond donors (Lipinski definition) is 5. The highest BCUT2D eigenvalue weighted by atomic mass is 16.3. The van der Waals surface area contributed by atoms with Crippen molar-refractivity contribution >= 4 is 28.9 Å². The van der Waals surface area contributed by atoms with Gasteiger partial charge < -0.3 is 31.1 Å². The first kappa shape index (κ1) is 23.4. The van der Waals surface area contributed by atoms with E-state index in [0.717, 1.165) is 36.9 Å². The normalized spacial score (nSPS) is 28.7. The summed E-state index contributed by atoms with van der Waals surface area (Å²) < 4.78 is 0. The van der Waals surface area contributed by atoms with Crippen LogP contribution in [0.15, 0.2) is 23.0 Å². The van der Waals surface area contributed by atoms with Gasteiger partial charge in [-0.3, -0.25) is 14.4 Å². The second-order valence-corrected chi connectivity index (χ2v) is 10.5. The number of anilines is 1. The lowest BCUT2D eigenvalue weighted by Gasteiger charge is -2.46. The van der Waals surface area contributed by atoms with Crippen LogP contribution in [0.3, 0.4) is 0 Å². The largest absolute Gasteiger partial charge is 0.508 e. The van der Waals surface area contributed by atoms with Gasteiger partial charge in [0.2, 0.25) is 5.78 Å². The molecular formula is C26H30N2O7. The molecule has 0 spiro atoms. The lowest BCUT2D eigenvalue weighted by Crippen LogP contribution is -2.58. The minimum Gasteiger partial charge on any atom is -0.508 e. The Hall–Kier alpha value is -3.33. The van der Waals surface area contributed by atoms with Gasteiger partial charge >= 0.3 is 0 Å². The SMILES string of the molecule is CN(C)c1cc(C2CCCC2)c(O)c2c1C[C@H]1C[C@H]3CC(=O)C(C(N)=O)=C(O)[C@@]3(O)C(=O)C1=C2O. The number of phenolic OH excluding ortho intramolecular Hbond substituents is 1. The Kier molecular flexibility index (Phi) is 5.25. The van der Waals surface area contributed by atoms with Crippen LogP contribution in [0.4, 0.5) is 5.69 Å². The predicted octanol–water partition coefficient (Wildman–Crippen LogP) is 2.15. The third-order valence-electron chi connectivity index (χ3n) is 8.35. The van der Waals surface area contributed by atoms with Crippen LogP contribution in [0.2, 0.25) is 0 Å². The molecule has 1 aromatic rings. The van der Waals surface area contributed by atoms with Crippen LogP contribution in [-0.4, -0.2) is 57.6 Å². The molecule has 3 atom stereocenters. The van der Waals surface area contributed by atoms with Gasteiger partial charge in [-0.05, 0) is 54.7 Å². The number of carbonyl (C=O) groups excluding carboxylic acids is 3. The molecular weight excluding hydrogens is 452 g/mol. The number of aromatic hydroxyl groups is 1. The Bertz CT molecular complexity index is 1240. The molecule has 0 radical (unpaired) electrons. The fourth-order valence-electron chi connectivity index (χ4n) is 6.64. The van der Waals surface area contributed by atoms with E-state index in [-0.39, 0.29) is 35.6 Å². The van der Waals surface area contributed by atoms with Crippen molar-refractivity contribution < 1.29 is 34.8 Å². The molecule has 2 fully saturated rings. The summed E-state index contributed by atoms with van der Waals surface area (Å²) in [6.07, 6.45) is 4.04. The smallest absolute Gasteiger partial charge is 0.255 e. The molecule has 0 aliphatic heterocycles. The molecule has 0 bridgehead atoms. The molecule has 9 heteroatoms. The number of ketones is 2. The summed E-state index contributed by atoms with van der Waals surface area (Å²) in [7, 11) is 3.75. The summed E-state index contributed by atoms with van der Waals surface area (Å²) in [5.41, 5.74) is 4.22. The van der Waals surface area contributed by atoms with E-state index < -0.39 is 52.0 Å². The van der Waals surface area contributed by atoms with Gasteiger partial charge in [0.1, 0.15) is 22.8 Å². The number of nitrogens with two attached hydrogens (primary N) is 1. The summed E-state index contributed by atoms with van der Waals surface area (Å²) in [6.45, 7) is 0.